The van der Waals surface area contributed by atoms with Gasteiger partial charge in [0.2, 0.25) is 0 Å². The van der Waals surface area contributed by atoms with Crippen molar-refractivity contribution in [2.45, 2.75) is 25.3 Å². The van der Waals surface area contributed by atoms with Gasteiger partial charge in [-0.05, 0) is 30.5 Å². The molecule has 1 aliphatic heterocycles. The smallest absolute Gasteiger partial charge is 0.196 e. The van der Waals surface area contributed by atoms with Gasteiger partial charge in [0.15, 0.2) is 5.96 Å². The first-order valence-corrected chi connectivity index (χ1v) is 7.44. The van der Waals surface area contributed by atoms with Crippen molar-refractivity contribution >= 4 is 11.6 Å². The zero-order chi connectivity index (χ0) is 14.7. The first kappa shape index (κ1) is 13.7. The second-order valence-corrected chi connectivity index (χ2v) is 5.59. The predicted molar refractivity (Wildman–Crippen MR) is 88.6 cm³/mol. The maximum Gasteiger partial charge on any atom is 0.196 e. The van der Waals surface area contributed by atoms with E-state index >= 15 is 0 Å². The molecule has 1 aliphatic rings. The third-order valence-corrected chi connectivity index (χ3v) is 4.29. The highest BCUT2D eigenvalue weighted by molar-refractivity contribution is 5.98. The van der Waals surface area contributed by atoms with Crippen molar-refractivity contribution in [3.05, 3.63) is 66.2 Å². The van der Waals surface area contributed by atoms with E-state index in [1.165, 1.54) is 5.56 Å². The van der Waals surface area contributed by atoms with Crippen LogP contribution in [0.15, 0.2) is 65.7 Å². The molecule has 0 fully saturated rings. The lowest BCUT2D eigenvalue weighted by Crippen LogP contribution is -2.53. The molecule has 0 aromatic heterocycles. The summed E-state index contributed by atoms with van der Waals surface area (Å²) in [5, 5.41) is 0. The number of hydrogen-bond acceptors (Lipinski definition) is 3. The average Bonchev–Trinajstić information content (AvgIpc) is 2.86. The van der Waals surface area contributed by atoms with Gasteiger partial charge in [0.25, 0.3) is 0 Å². The monoisotopic (exact) mass is 279 g/mol. The first-order chi connectivity index (χ1) is 10.2. The SMILES string of the molecule is CCC1(Cc2ccccc2)CN=C(N)N1c1ccccc1. The average molecular weight is 279 g/mol. The molecule has 3 heteroatoms. The van der Waals surface area contributed by atoms with E-state index in [1.54, 1.807) is 0 Å². The molecule has 2 aromatic carbocycles. The molecule has 108 valence electrons. The lowest BCUT2D eigenvalue weighted by atomic mass is 9.87. The standard InChI is InChI=1S/C18H21N3/c1-2-18(13-15-9-5-3-6-10-15)14-20-17(19)21(18)16-11-7-4-8-12-16/h3-12H,2,13-14H2,1H3,(H2,19,20). The number of rotatable bonds is 4. The Morgan fingerprint density at radius 3 is 2.29 bits per heavy atom. The van der Waals surface area contributed by atoms with E-state index in [1.807, 2.05) is 18.2 Å². The van der Waals surface area contributed by atoms with Crippen LogP contribution in [-0.4, -0.2) is 18.0 Å². The Morgan fingerprint density at radius 1 is 1.05 bits per heavy atom. The summed E-state index contributed by atoms with van der Waals surface area (Å²) in [6.45, 7) is 2.96. The van der Waals surface area contributed by atoms with E-state index in [4.69, 9.17) is 5.73 Å². The molecule has 0 radical (unpaired) electrons. The Labute approximate surface area is 126 Å². The summed E-state index contributed by atoms with van der Waals surface area (Å²) < 4.78 is 0. The summed E-state index contributed by atoms with van der Waals surface area (Å²) in [7, 11) is 0. The highest BCUT2D eigenvalue weighted by Gasteiger charge is 2.41. The molecule has 2 N–H and O–H groups in total. The van der Waals surface area contributed by atoms with E-state index in [0.717, 1.165) is 25.1 Å². The van der Waals surface area contributed by atoms with Crippen molar-refractivity contribution in [3.8, 4) is 0 Å². The van der Waals surface area contributed by atoms with Gasteiger partial charge in [-0.1, -0.05) is 55.5 Å². The molecule has 3 nitrogen and oxygen atoms in total. The molecule has 0 saturated carbocycles. The van der Waals surface area contributed by atoms with Gasteiger partial charge in [-0.15, -0.1) is 0 Å². The molecule has 1 heterocycles. The van der Waals surface area contributed by atoms with Crippen LogP contribution in [0, 0.1) is 0 Å². The number of nitrogens with two attached hydrogens (primary N) is 1. The van der Waals surface area contributed by atoms with Crippen molar-refractivity contribution < 1.29 is 0 Å². The van der Waals surface area contributed by atoms with E-state index < -0.39 is 0 Å². The van der Waals surface area contributed by atoms with Crippen LogP contribution in [0.1, 0.15) is 18.9 Å². The third-order valence-electron chi connectivity index (χ3n) is 4.29. The molecular formula is C18H21N3. The largest absolute Gasteiger partial charge is 0.369 e. The minimum atomic E-state index is -0.0627. The lowest BCUT2D eigenvalue weighted by Gasteiger charge is -2.39. The lowest BCUT2D eigenvalue weighted by molar-refractivity contribution is 0.437. The fourth-order valence-corrected chi connectivity index (χ4v) is 3.10. The number of para-hydroxylation sites is 1. The highest BCUT2D eigenvalue weighted by Crippen LogP contribution is 2.34. The van der Waals surface area contributed by atoms with E-state index in [-0.39, 0.29) is 5.54 Å². The van der Waals surface area contributed by atoms with Crippen LogP contribution in [0.3, 0.4) is 0 Å². The minimum Gasteiger partial charge on any atom is -0.369 e. The molecule has 0 spiro atoms. The van der Waals surface area contributed by atoms with Crippen LogP contribution >= 0.6 is 0 Å². The molecule has 21 heavy (non-hydrogen) atoms. The molecule has 2 aromatic rings. The number of guanidine groups is 1. The van der Waals surface area contributed by atoms with Crippen molar-refractivity contribution in [3.63, 3.8) is 0 Å². The fourth-order valence-electron chi connectivity index (χ4n) is 3.10. The van der Waals surface area contributed by atoms with Crippen LogP contribution in [0.25, 0.3) is 0 Å². The second kappa shape index (κ2) is 5.60. The van der Waals surface area contributed by atoms with Crippen LogP contribution in [0.4, 0.5) is 5.69 Å². The van der Waals surface area contributed by atoms with Crippen LogP contribution in [0.2, 0.25) is 0 Å². The number of nitrogens with zero attached hydrogens (tertiary/aromatic N) is 2. The van der Waals surface area contributed by atoms with Crippen molar-refractivity contribution in [2.75, 3.05) is 11.4 Å². The molecule has 0 aliphatic carbocycles. The van der Waals surface area contributed by atoms with Gasteiger partial charge in [-0.25, -0.2) is 0 Å². The molecule has 3 rings (SSSR count). The van der Waals surface area contributed by atoms with Gasteiger partial charge in [0.1, 0.15) is 0 Å². The summed E-state index contributed by atoms with van der Waals surface area (Å²) >= 11 is 0. The Bertz CT molecular complexity index is 621. The van der Waals surface area contributed by atoms with Crippen molar-refractivity contribution in [1.82, 2.24) is 0 Å². The summed E-state index contributed by atoms with van der Waals surface area (Å²) in [4.78, 5) is 6.74. The second-order valence-electron chi connectivity index (χ2n) is 5.59. The van der Waals surface area contributed by atoms with Gasteiger partial charge in [0, 0.05) is 5.69 Å². The number of aliphatic imine (C=N–C) groups is 1. The quantitative estimate of drug-likeness (QED) is 0.933. The highest BCUT2D eigenvalue weighted by atomic mass is 15.4. The summed E-state index contributed by atoms with van der Waals surface area (Å²) in [5.41, 5.74) is 8.57. The van der Waals surface area contributed by atoms with Crippen molar-refractivity contribution in [2.24, 2.45) is 10.7 Å². The predicted octanol–water partition coefficient (Wildman–Crippen LogP) is 3.21. The van der Waals surface area contributed by atoms with Crippen LogP contribution in [0.5, 0.6) is 0 Å². The fraction of sp³-hybridized carbons (Fsp3) is 0.278. The summed E-state index contributed by atoms with van der Waals surface area (Å²) in [5.74, 6) is 0.624. The zero-order valence-corrected chi connectivity index (χ0v) is 12.4. The van der Waals surface area contributed by atoms with Crippen LogP contribution in [-0.2, 0) is 6.42 Å². The number of hydrogen-bond donors (Lipinski definition) is 1. The number of benzene rings is 2. The topological polar surface area (TPSA) is 41.6 Å². The zero-order valence-electron chi connectivity index (χ0n) is 12.4. The Kier molecular flexibility index (Phi) is 3.65. The normalized spacial score (nSPS) is 21.4. The molecule has 0 saturated heterocycles. The maximum atomic E-state index is 6.19. The Morgan fingerprint density at radius 2 is 1.67 bits per heavy atom. The van der Waals surface area contributed by atoms with Gasteiger partial charge in [-0.3, -0.25) is 4.99 Å². The molecular weight excluding hydrogens is 258 g/mol. The van der Waals surface area contributed by atoms with Gasteiger partial charge in [-0.2, -0.15) is 0 Å². The molecule has 1 atom stereocenters. The number of anilines is 1. The van der Waals surface area contributed by atoms with Crippen LogP contribution < -0.4 is 10.6 Å². The van der Waals surface area contributed by atoms with Gasteiger partial charge >= 0.3 is 0 Å². The molecule has 0 bridgehead atoms. The van der Waals surface area contributed by atoms with Gasteiger partial charge < -0.3 is 10.6 Å². The molecule has 1 unspecified atom stereocenters. The Hall–Kier alpha value is -2.29. The van der Waals surface area contributed by atoms with Gasteiger partial charge in [0.05, 0.1) is 12.1 Å². The maximum absolute atomic E-state index is 6.19. The Balaban J connectivity index is 1.97. The summed E-state index contributed by atoms with van der Waals surface area (Å²) in [6, 6.07) is 20.9. The first-order valence-electron chi connectivity index (χ1n) is 7.44. The van der Waals surface area contributed by atoms with E-state index in [2.05, 4.69) is 59.3 Å². The van der Waals surface area contributed by atoms with E-state index in [0.29, 0.717) is 5.96 Å². The van der Waals surface area contributed by atoms with Crippen molar-refractivity contribution in [1.29, 1.82) is 0 Å². The minimum absolute atomic E-state index is 0.0627. The third kappa shape index (κ3) is 2.51. The van der Waals surface area contributed by atoms with E-state index in [9.17, 15) is 0 Å². The molecule has 0 amide bonds. The summed E-state index contributed by atoms with van der Waals surface area (Å²) in [6.07, 6.45) is 1.95.